The van der Waals surface area contributed by atoms with E-state index in [4.69, 9.17) is 16.3 Å². The second-order valence-corrected chi connectivity index (χ2v) is 7.33. The van der Waals surface area contributed by atoms with Gasteiger partial charge in [-0.2, -0.15) is 5.10 Å². The number of carbonyl (C=O) groups excluding carboxylic acids is 1. The van der Waals surface area contributed by atoms with Gasteiger partial charge in [0.05, 0.1) is 11.6 Å². The molecular formula is C23H26ClN3O2. The molecule has 3 rings (SSSR count). The third-order valence-electron chi connectivity index (χ3n) is 4.76. The molecule has 0 aliphatic heterocycles. The smallest absolute Gasteiger partial charge is 0.253 e. The van der Waals surface area contributed by atoms with Crippen LogP contribution in [0.3, 0.4) is 0 Å². The zero-order valence-electron chi connectivity index (χ0n) is 17.1. The number of hydrogen-bond donors (Lipinski definition) is 0. The van der Waals surface area contributed by atoms with Crippen LogP contribution in [0.25, 0.3) is 0 Å². The van der Waals surface area contributed by atoms with E-state index in [-0.39, 0.29) is 5.91 Å². The summed E-state index contributed by atoms with van der Waals surface area (Å²) in [5, 5.41) is 4.98. The van der Waals surface area contributed by atoms with Crippen LogP contribution in [0.2, 0.25) is 5.02 Å². The van der Waals surface area contributed by atoms with E-state index in [1.807, 2.05) is 43.3 Å². The lowest BCUT2D eigenvalue weighted by atomic mass is 10.1. The Hall–Kier alpha value is -2.79. The number of rotatable bonds is 8. The highest BCUT2D eigenvalue weighted by Crippen LogP contribution is 2.18. The van der Waals surface area contributed by atoms with Gasteiger partial charge in [-0.15, -0.1) is 0 Å². The first-order valence-corrected chi connectivity index (χ1v) is 10.2. The van der Waals surface area contributed by atoms with Crippen LogP contribution >= 0.6 is 11.6 Å². The summed E-state index contributed by atoms with van der Waals surface area (Å²) in [5.74, 6) is 0.735. The lowest BCUT2D eigenvalue weighted by molar-refractivity contribution is 0.0783. The number of hydrogen-bond acceptors (Lipinski definition) is 3. The molecule has 29 heavy (non-hydrogen) atoms. The van der Waals surface area contributed by atoms with Crippen LogP contribution in [0.15, 0.2) is 54.7 Å². The number of aryl methyl sites for hydroxylation is 2. The Labute approximate surface area is 176 Å². The van der Waals surface area contributed by atoms with Crippen molar-refractivity contribution in [3.63, 3.8) is 0 Å². The third kappa shape index (κ3) is 5.39. The second-order valence-electron chi connectivity index (χ2n) is 6.93. The van der Waals surface area contributed by atoms with Crippen molar-refractivity contribution in [2.45, 2.75) is 40.0 Å². The van der Waals surface area contributed by atoms with Crippen molar-refractivity contribution in [1.29, 1.82) is 0 Å². The van der Waals surface area contributed by atoms with Crippen LogP contribution in [-0.2, 0) is 26.1 Å². The average molecular weight is 412 g/mol. The Morgan fingerprint density at radius 3 is 2.55 bits per heavy atom. The molecule has 0 radical (unpaired) electrons. The molecule has 0 aliphatic rings. The SMILES string of the molecule is CCc1ccc(OCc2cccc(C(=O)N(C)Cc3nn(CC)cc3Cl)c2)cc1. The fraction of sp³-hybridized carbons (Fsp3) is 0.304. The van der Waals surface area contributed by atoms with Gasteiger partial charge in [0.15, 0.2) is 0 Å². The van der Waals surface area contributed by atoms with Crippen molar-refractivity contribution in [3.8, 4) is 5.75 Å². The lowest BCUT2D eigenvalue weighted by Gasteiger charge is -2.17. The van der Waals surface area contributed by atoms with Crippen LogP contribution in [-0.4, -0.2) is 27.6 Å². The number of ether oxygens (including phenoxy) is 1. The highest BCUT2D eigenvalue weighted by Gasteiger charge is 2.16. The first kappa shape index (κ1) is 20.9. The fourth-order valence-corrected chi connectivity index (χ4v) is 3.22. The van der Waals surface area contributed by atoms with Gasteiger partial charge in [0.2, 0.25) is 0 Å². The van der Waals surface area contributed by atoms with Crippen molar-refractivity contribution in [3.05, 3.63) is 82.1 Å². The molecule has 152 valence electrons. The summed E-state index contributed by atoms with van der Waals surface area (Å²) in [6.07, 6.45) is 2.78. The van der Waals surface area contributed by atoms with Gasteiger partial charge in [0.25, 0.3) is 5.91 Å². The number of aromatic nitrogens is 2. The summed E-state index contributed by atoms with van der Waals surface area (Å²) in [4.78, 5) is 14.5. The van der Waals surface area contributed by atoms with Crippen LogP contribution < -0.4 is 4.74 Å². The third-order valence-corrected chi connectivity index (χ3v) is 5.07. The maximum absolute atomic E-state index is 12.8. The van der Waals surface area contributed by atoms with Crippen LogP contribution in [0, 0.1) is 0 Å². The molecule has 5 nitrogen and oxygen atoms in total. The van der Waals surface area contributed by atoms with Crippen LogP contribution in [0.4, 0.5) is 0 Å². The van der Waals surface area contributed by atoms with Gasteiger partial charge in [-0.25, -0.2) is 0 Å². The van der Waals surface area contributed by atoms with Gasteiger partial charge in [-0.3, -0.25) is 9.48 Å². The summed E-state index contributed by atoms with van der Waals surface area (Å²) >= 11 is 6.22. The minimum atomic E-state index is -0.0822. The summed E-state index contributed by atoms with van der Waals surface area (Å²) in [6.45, 7) is 5.62. The molecule has 1 heterocycles. The largest absolute Gasteiger partial charge is 0.489 e. The summed E-state index contributed by atoms with van der Waals surface area (Å²) < 4.78 is 7.62. The molecule has 3 aromatic rings. The van der Waals surface area contributed by atoms with E-state index in [1.54, 1.807) is 22.8 Å². The first-order valence-electron chi connectivity index (χ1n) is 9.78. The molecule has 0 unspecified atom stereocenters. The molecule has 0 fully saturated rings. The Bertz CT molecular complexity index is 967. The highest BCUT2D eigenvalue weighted by atomic mass is 35.5. The second kappa shape index (κ2) is 9.61. The molecule has 0 aliphatic carbocycles. The molecule has 0 spiro atoms. The molecule has 0 saturated heterocycles. The van der Waals surface area contributed by atoms with E-state index in [9.17, 15) is 4.79 Å². The van der Waals surface area contributed by atoms with Crippen molar-refractivity contribution in [2.24, 2.45) is 0 Å². The molecule has 1 amide bonds. The van der Waals surface area contributed by atoms with Gasteiger partial charge >= 0.3 is 0 Å². The molecule has 0 N–H and O–H groups in total. The lowest BCUT2D eigenvalue weighted by Crippen LogP contribution is -2.26. The van der Waals surface area contributed by atoms with Crippen molar-refractivity contribution >= 4 is 17.5 Å². The number of halogens is 1. The van der Waals surface area contributed by atoms with E-state index in [2.05, 4.69) is 24.2 Å². The van der Waals surface area contributed by atoms with E-state index < -0.39 is 0 Å². The maximum Gasteiger partial charge on any atom is 0.253 e. The van der Waals surface area contributed by atoms with Gasteiger partial charge in [-0.1, -0.05) is 42.8 Å². The summed E-state index contributed by atoms with van der Waals surface area (Å²) in [6, 6.07) is 15.6. The van der Waals surface area contributed by atoms with E-state index >= 15 is 0 Å². The zero-order valence-corrected chi connectivity index (χ0v) is 17.8. The number of carbonyl (C=O) groups is 1. The van der Waals surface area contributed by atoms with Crippen molar-refractivity contribution in [2.75, 3.05) is 7.05 Å². The summed E-state index contributed by atoms with van der Waals surface area (Å²) in [5.41, 5.74) is 3.52. The van der Waals surface area contributed by atoms with Gasteiger partial charge < -0.3 is 9.64 Å². The number of amides is 1. The van der Waals surface area contributed by atoms with E-state index in [0.29, 0.717) is 29.4 Å². The maximum atomic E-state index is 12.8. The Kier molecular flexibility index (Phi) is 6.94. The standard InChI is InChI=1S/C23H26ClN3O2/c1-4-17-9-11-20(12-10-17)29-16-18-7-6-8-19(13-18)23(28)26(3)15-22-21(24)14-27(5-2)25-22/h6-14H,4-5,15-16H2,1-3H3. The predicted octanol–water partition coefficient (Wildman–Crippen LogP) is 4.97. The summed E-state index contributed by atoms with van der Waals surface area (Å²) in [7, 11) is 1.75. The quantitative estimate of drug-likeness (QED) is 0.525. The molecule has 1 aromatic heterocycles. The van der Waals surface area contributed by atoms with Crippen molar-refractivity contribution in [1.82, 2.24) is 14.7 Å². The van der Waals surface area contributed by atoms with E-state index in [0.717, 1.165) is 24.3 Å². The average Bonchev–Trinajstić information content (AvgIpc) is 3.11. The molecule has 2 aromatic carbocycles. The Morgan fingerprint density at radius 2 is 1.90 bits per heavy atom. The normalized spacial score (nSPS) is 10.8. The van der Waals surface area contributed by atoms with Crippen molar-refractivity contribution < 1.29 is 9.53 Å². The topological polar surface area (TPSA) is 47.4 Å². The molecule has 0 bridgehead atoms. The monoisotopic (exact) mass is 411 g/mol. The fourth-order valence-electron chi connectivity index (χ4n) is 3.01. The number of nitrogens with zero attached hydrogens (tertiary/aromatic N) is 3. The van der Waals surface area contributed by atoms with Gasteiger partial charge in [0, 0.05) is 25.4 Å². The van der Waals surface area contributed by atoms with Gasteiger partial charge in [-0.05, 0) is 48.7 Å². The van der Waals surface area contributed by atoms with Gasteiger partial charge in [0.1, 0.15) is 18.1 Å². The molecule has 0 atom stereocenters. The van der Waals surface area contributed by atoms with E-state index in [1.165, 1.54) is 5.56 Å². The molecular weight excluding hydrogens is 386 g/mol. The molecule has 0 saturated carbocycles. The van der Waals surface area contributed by atoms with Crippen LogP contribution in [0.1, 0.15) is 41.0 Å². The molecule has 6 heteroatoms. The van der Waals surface area contributed by atoms with Crippen LogP contribution in [0.5, 0.6) is 5.75 Å². The minimum Gasteiger partial charge on any atom is -0.489 e. The first-order chi connectivity index (χ1) is 14.0. The predicted molar refractivity (Wildman–Crippen MR) is 115 cm³/mol. The highest BCUT2D eigenvalue weighted by molar-refractivity contribution is 6.31. The Balaban J connectivity index is 1.64. The Morgan fingerprint density at radius 1 is 1.14 bits per heavy atom. The zero-order chi connectivity index (χ0) is 20.8. The number of benzene rings is 2. The minimum absolute atomic E-state index is 0.0822.